The first kappa shape index (κ1) is 15.3. The molecule has 5 heteroatoms. The van der Waals surface area contributed by atoms with Crippen molar-refractivity contribution >= 4 is 0 Å². The summed E-state index contributed by atoms with van der Waals surface area (Å²) in [6.45, 7) is 0.300. The first-order valence-corrected chi connectivity index (χ1v) is 6.56. The molecule has 2 rings (SSSR count). The van der Waals surface area contributed by atoms with E-state index in [4.69, 9.17) is 10.5 Å². The monoisotopic (exact) mass is 293 g/mol. The molecule has 21 heavy (non-hydrogen) atoms. The van der Waals surface area contributed by atoms with Crippen molar-refractivity contribution in [2.45, 2.75) is 12.3 Å². The zero-order valence-electron chi connectivity index (χ0n) is 11.6. The molecule has 2 aromatic rings. The Hall–Kier alpha value is -2.14. The molecule has 112 valence electrons. The van der Waals surface area contributed by atoms with Gasteiger partial charge in [-0.1, -0.05) is 12.1 Å². The summed E-state index contributed by atoms with van der Waals surface area (Å²) in [5.74, 6) is -1.48. The van der Waals surface area contributed by atoms with Crippen molar-refractivity contribution in [2.24, 2.45) is 5.73 Å². The highest BCUT2D eigenvalue weighted by atomic mass is 19.2. The Morgan fingerprint density at radius 1 is 1.14 bits per heavy atom. The number of halogens is 2. The Balaban J connectivity index is 2.24. The summed E-state index contributed by atoms with van der Waals surface area (Å²) >= 11 is 0. The fourth-order valence-electron chi connectivity index (χ4n) is 2.24. The van der Waals surface area contributed by atoms with Crippen LogP contribution in [0.25, 0.3) is 0 Å². The molecule has 3 N–H and O–H groups in total. The van der Waals surface area contributed by atoms with Crippen molar-refractivity contribution in [3.63, 3.8) is 0 Å². The lowest BCUT2D eigenvalue weighted by molar-refractivity contribution is 0.373. The summed E-state index contributed by atoms with van der Waals surface area (Å²) in [4.78, 5) is 0. The van der Waals surface area contributed by atoms with Crippen LogP contribution < -0.4 is 10.5 Å². The van der Waals surface area contributed by atoms with Gasteiger partial charge in [0.25, 0.3) is 0 Å². The Bertz CT molecular complexity index is 632. The minimum Gasteiger partial charge on any atom is -0.504 e. The number of ether oxygens (including phenoxy) is 1. The van der Waals surface area contributed by atoms with E-state index in [1.54, 1.807) is 12.1 Å². The first-order valence-electron chi connectivity index (χ1n) is 6.56. The molecule has 3 nitrogen and oxygen atoms in total. The van der Waals surface area contributed by atoms with E-state index in [2.05, 4.69) is 0 Å². The smallest absolute Gasteiger partial charge is 0.160 e. The molecular formula is C16H17F2NO2. The van der Waals surface area contributed by atoms with Crippen molar-refractivity contribution < 1.29 is 18.6 Å². The highest BCUT2D eigenvalue weighted by Crippen LogP contribution is 2.29. The average Bonchev–Trinajstić information content (AvgIpc) is 2.49. The van der Waals surface area contributed by atoms with E-state index in [-0.39, 0.29) is 11.7 Å². The number of nitrogens with two attached hydrogens (primary N) is 1. The van der Waals surface area contributed by atoms with Crippen LogP contribution in [-0.2, 0) is 6.42 Å². The van der Waals surface area contributed by atoms with Crippen LogP contribution in [0.5, 0.6) is 11.5 Å². The topological polar surface area (TPSA) is 55.5 Å². The van der Waals surface area contributed by atoms with Crippen LogP contribution >= 0.6 is 0 Å². The summed E-state index contributed by atoms with van der Waals surface area (Å²) in [5.41, 5.74) is 7.28. The molecule has 0 amide bonds. The van der Waals surface area contributed by atoms with Crippen molar-refractivity contribution in [1.29, 1.82) is 0 Å². The summed E-state index contributed by atoms with van der Waals surface area (Å²) in [5, 5.41) is 9.57. The van der Waals surface area contributed by atoms with Crippen LogP contribution in [0, 0.1) is 11.6 Å². The minimum absolute atomic E-state index is 0.0541. The van der Waals surface area contributed by atoms with Crippen LogP contribution in [0.15, 0.2) is 36.4 Å². The Morgan fingerprint density at radius 3 is 2.52 bits per heavy atom. The average molecular weight is 293 g/mol. The van der Waals surface area contributed by atoms with Gasteiger partial charge in [-0.3, -0.25) is 0 Å². The molecular weight excluding hydrogens is 276 g/mol. The van der Waals surface area contributed by atoms with Gasteiger partial charge < -0.3 is 15.6 Å². The van der Waals surface area contributed by atoms with Gasteiger partial charge in [-0.05, 0) is 48.4 Å². The van der Waals surface area contributed by atoms with Crippen LogP contribution in [-0.4, -0.2) is 18.8 Å². The maximum absolute atomic E-state index is 13.3. The Labute approximate surface area is 122 Å². The van der Waals surface area contributed by atoms with E-state index in [0.29, 0.717) is 24.3 Å². The highest BCUT2D eigenvalue weighted by Gasteiger charge is 2.14. The molecule has 0 radical (unpaired) electrons. The van der Waals surface area contributed by atoms with Crippen molar-refractivity contribution in [1.82, 2.24) is 0 Å². The predicted molar refractivity (Wildman–Crippen MR) is 76.5 cm³/mol. The van der Waals surface area contributed by atoms with Gasteiger partial charge in [-0.15, -0.1) is 0 Å². The maximum atomic E-state index is 13.3. The molecule has 2 aromatic carbocycles. The van der Waals surface area contributed by atoms with Crippen LogP contribution in [0.4, 0.5) is 8.78 Å². The number of phenolic OH excluding ortho intramolecular Hbond substituents is 1. The molecule has 0 fully saturated rings. The number of hydrogen-bond donors (Lipinski definition) is 2. The third kappa shape index (κ3) is 3.49. The highest BCUT2D eigenvalue weighted by molar-refractivity contribution is 5.42. The number of hydrogen-bond acceptors (Lipinski definition) is 3. The summed E-state index contributed by atoms with van der Waals surface area (Å²) in [7, 11) is 1.47. The standard InChI is InChI=1S/C16H17F2NO2/c1-21-16-7-10(2-5-15(16)20)6-12(9-19)11-3-4-13(17)14(18)8-11/h2-5,7-8,12,20H,6,9,19H2,1H3. The summed E-state index contributed by atoms with van der Waals surface area (Å²) in [6.07, 6.45) is 0.540. The largest absolute Gasteiger partial charge is 0.504 e. The normalized spacial score (nSPS) is 12.2. The Kier molecular flexibility index (Phi) is 4.75. The lowest BCUT2D eigenvalue weighted by Crippen LogP contribution is -2.15. The van der Waals surface area contributed by atoms with E-state index < -0.39 is 11.6 Å². The van der Waals surface area contributed by atoms with Crippen molar-refractivity contribution in [3.05, 3.63) is 59.2 Å². The molecule has 1 atom stereocenters. The fourth-order valence-corrected chi connectivity index (χ4v) is 2.24. The van der Waals surface area contributed by atoms with Gasteiger partial charge >= 0.3 is 0 Å². The number of benzene rings is 2. The van der Waals surface area contributed by atoms with Crippen molar-refractivity contribution in [2.75, 3.05) is 13.7 Å². The van der Waals surface area contributed by atoms with Gasteiger partial charge in [0.05, 0.1) is 7.11 Å². The minimum atomic E-state index is -0.880. The molecule has 0 saturated heterocycles. The molecule has 0 bridgehead atoms. The van der Waals surface area contributed by atoms with Crippen LogP contribution in [0.1, 0.15) is 17.0 Å². The number of rotatable bonds is 5. The van der Waals surface area contributed by atoms with Gasteiger partial charge in [0, 0.05) is 5.92 Å². The lowest BCUT2D eigenvalue weighted by atomic mass is 9.92. The number of methoxy groups -OCH3 is 1. The van der Waals surface area contributed by atoms with Gasteiger partial charge in [-0.25, -0.2) is 8.78 Å². The molecule has 0 spiro atoms. The van der Waals surface area contributed by atoms with Crippen LogP contribution in [0.3, 0.4) is 0 Å². The van der Waals surface area contributed by atoms with E-state index in [1.807, 2.05) is 0 Å². The van der Waals surface area contributed by atoms with E-state index in [0.717, 1.165) is 11.6 Å². The van der Waals surface area contributed by atoms with Gasteiger partial charge in [0.15, 0.2) is 23.1 Å². The molecule has 0 aliphatic carbocycles. The second-order valence-electron chi connectivity index (χ2n) is 4.82. The molecule has 0 aliphatic rings. The second-order valence-corrected chi connectivity index (χ2v) is 4.82. The van der Waals surface area contributed by atoms with E-state index in [1.165, 1.54) is 25.3 Å². The third-order valence-electron chi connectivity index (χ3n) is 3.43. The lowest BCUT2D eigenvalue weighted by Gasteiger charge is -2.16. The second kappa shape index (κ2) is 6.54. The summed E-state index contributed by atoms with van der Waals surface area (Å²) < 4.78 is 31.4. The summed E-state index contributed by atoms with van der Waals surface area (Å²) in [6, 6.07) is 8.80. The fraction of sp³-hybridized carbons (Fsp3) is 0.250. The van der Waals surface area contributed by atoms with E-state index in [9.17, 15) is 13.9 Å². The zero-order chi connectivity index (χ0) is 15.4. The zero-order valence-corrected chi connectivity index (χ0v) is 11.6. The quantitative estimate of drug-likeness (QED) is 0.891. The molecule has 1 unspecified atom stereocenters. The van der Waals surface area contributed by atoms with Crippen molar-refractivity contribution in [3.8, 4) is 11.5 Å². The molecule has 0 saturated carbocycles. The SMILES string of the molecule is COc1cc(CC(CN)c2ccc(F)c(F)c2)ccc1O. The number of aromatic hydroxyl groups is 1. The maximum Gasteiger partial charge on any atom is 0.160 e. The molecule has 0 aliphatic heterocycles. The predicted octanol–water partition coefficient (Wildman–Crippen LogP) is 2.96. The first-order chi connectivity index (χ1) is 10.0. The Morgan fingerprint density at radius 2 is 1.90 bits per heavy atom. The third-order valence-corrected chi connectivity index (χ3v) is 3.43. The van der Waals surface area contributed by atoms with Gasteiger partial charge in [0.2, 0.25) is 0 Å². The molecule has 0 heterocycles. The molecule has 0 aromatic heterocycles. The van der Waals surface area contributed by atoms with E-state index >= 15 is 0 Å². The number of phenols is 1. The van der Waals surface area contributed by atoms with Gasteiger partial charge in [-0.2, -0.15) is 0 Å². The van der Waals surface area contributed by atoms with Crippen LogP contribution in [0.2, 0.25) is 0 Å². The van der Waals surface area contributed by atoms with Gasteiger partial charge in [0.1, 0.15) is 0 Å².